The molecule has 0 aliphatic heterocycles. The summed E-state index contributed by atoms with van der Waals surface area (Å²) < 4.78 is 2.82. The van der Waals surface area contributed by atoms with Crippen molar-refractivity contribution < 1.29 is 0 Å². The van der Waals surface area contributed by atoms with Crippen molar-refractivity contribution in [3.63, 3.8) is 0 Å². The molecule has 0 saturated carbocycles. The fourth-order valence-electron chi connectivity index (χ4n) is 0.905. The Kier molecular flexibility index (Phi) is 1.62. The quantitative estimate of drug-likeness (QED) is 0.456. The molecule has 0 bridgehead atoms. The fraction of sp³-hybridized carbons (Fsp3) is 0. The number of aromatic nitrogens is 3. The maximum absolute atomic E-state index is 5.74. The molecule has 3 nitrogen and oxygen atoms in total. The first-order valence-electron chi connectivity index (χ1n) is 3.03. The van der Waals surface area contributed by atoms with Gasteiger partial charge in [0.25, 0.3) is 0 Å². The summed E-state index contributed by atoms with van der Waals surface area (Å²) in [5, 5.41) is 4.60. The Morgan fingerprint density at radius 3 is 3.18 bits per heavy atom. The zero-order valence-electron chi connectivity index (χ0n) is 5.53. The Balaban J connectivity index is 2.91. The van der Waals surface area contributed by atoms with E-state index in [-0.39, 0.29) is 0 Å². The molecule has 2 heterocycles. The second-order valence-corrected chi connectivity index (χ2v) is 3.73. The Hall–Kier alpha value is -0.532. The zero-order chi connectivity index (χ0) is 7.84. The van der Waals surface area contributed by atoms with E-state index < -0.39 is 0 Å². The first-order chi connectivity index (χ1) is 5.27. The van der Waals surface area contributed by atoms with Crippen LogP contribution in [-0.2, 0) is 0 Å². The van der Waals surface area contributed by atoms with E-state index in [0.717, 1.165) is 10.1 Å². The van der Waals surface area contributed by atoms with Gasteiger partial charge in [-0.05, 0) is 0 Å². The van der Waals surface area contributed by atoms with Crippen LogP contribution >= 0.6 is 11.6 Å². The Bertz CT molecular complexity index is 398. The molecule has 56 valence electrons. The van der Waals surface area contributed by atoms with Crippen LogP contribution in [0.15, 0.2) is 18.3 Å². The van der Waals surface area contributed by atoms with Gasteiger partial charge in [-0.15, -0.1) is 0 Å². The molecule has 5 heteroatoms. The first kappa shape index (κ1) is 7.14. The number of hydrogen-bond donors (Lipinski definition) is 0. The van der Waals surface area contributed by atoms with Crippen LogP contribution in [0.1, 0.15) is 0 Å². The second-order valence-electron chi connectivity index (χ2n) is 2.10. The minimum absolute atomic E-state index is 0.525. The third-order valence-corrected chi connectivity index (χ3v) is 2.41. The van der Waals surface area contributed by atoms with Crippen LogP contribution in [0.4, 0.5) is 0 Å². The van der Waals surface area contributed by atoms with Gasteiger partial charge in [0.05, 0.1) is 0 Å². The third kappa shape index (κ3) is 1.15. The summed E-state index contributed by atoms with van der Waals surface area (Å²) in [6.45, 7) is 0. The average molecular weight is 230 g/mol. The molecule has 0 aliphatic rings. The summed E-state index contributed by atoms with van der Waals surface area (Å²) >= 11 is 7.22. The molecule has 0 aliphatic carbocycles. The summed E-state index contributed by atoms with van der Waals surface area (Å²) in [5.74, 6) is 0. The summed E-state index contributed by atoms with van der Waals surface area (Å²) in [5.41, 5.74) is 0.803. The Morgan fingerprint density at radius 2 is 2.36 bits per heavy atom. The molecule has 11 heavy (non-hydrogen) atoms. The van der Waals surface area contributed by atoms with Crippen molar-refractivity contribution in [2.75, 3.05) is 0 Å². The van der Waals surface area contributed by atoms with Gasteiger partial charge in [0.1, 0.15) is 0 Å². The minimum atomic E-state index is 0.525. The van der Waals surface area contributed by atoms with Gasteiger partial charge in [0.2, 0.25) is 0 Å². The number of nitrogens with zero attached hydrogens (tertiary/aromatic N) is 3. The summed E-state index contributed by atoms with van der Waals surface area (Å²) in [7, 11) is 0. The second kappa shape index (κ2) is 2.50. The Morgan fingerprint density at radius 1 is 1.55 bits per heavy atom. The number of fused-ring (bicyclic) bond motifs is 1. The number of hydrogen-bond acceptors (Lipinski definition) is 2. The van der Waals surface area contributed by atoms with Crippen molar-refractivity contribution in [3.05, 3.63) is 23.5 Å². The van der Waals surface area contributed by atoms with E-state index >= 15 is 0 Å². The normalized spacial score (nSPS) is 10.7. The summed E-state index contributed by atoms with van der Waals surface area (Å²) in [6.07, 6.45) is 1.71. The third-order valence-electron chi connectivity index (χ3n) is 1.36. The van der Waals surface area contributed by atoms with E-state index in [2.05, 4.69) is 10.1 Å². The summed E-state index contributed by atoms with van der Waals surface area (Å²) in [6, 6.07) is 3.64. The SMILES string of the molecule is Clc1cc([AsH2])n2nccc2n1. The van der Waals surface area contributed by atoms with Gasteiger partial charge in [-0.2, -0.15) is 0 Å². The van der Waals surface area contributed by atoms with Crippen LogP contribution in [0.3, 0.4) is 0 Å². The predicted octanol–water partition coefficient (Wildman–Crippen LogP) is -0.359. The van der Waals surface area contributed by atoms with Crippen LogP contribution in [0, 0.1) is 0 Å². The molecular weight excluding hydrogens is 224 g/mol. The van der Waals surface area contributed by atoms with E-state index in [0.29, 0.717) is 5.15 Å². The molecule has 2 aromatic rings. The van der Waals surface area contributed by atoms with Gasteiger partial charge in [-0.3, -0.25) is 0 Å². The number of rotatable bonds is 0. The van der Waals surface area contributed by atoms with Gasteiger partial charge in [0.15, 0.2) is 0 Å². The van der Waals surface area contributed by atoms with Crippen LogP contribution in [0.2, 0.25) is 5.15 Å². The van der Waals surface area contributed by atoms with Crippen molar-refractivity contribution in [3.8, 4) is 0 Å². The maximum atomic E-state index is 5.74. The molecule has 0 fully saturated rings. The van der Waals surface area contributed by atoms with Gasteiger partial charge in [-0.25, -0.2) is 0 Å². The van der Waals surface area contributed by atoms with Crippen molar-refractivity contribution in [1.82, 2.24) is 14.6 Å². The van der Waals surface area contributed by atoms with Gasteiger partial charge >= 0.3 is 76.7 Å². The topological polar surface area (TPSA) is 30.2 Å². The molecule has 0 saturated heterocycles. The monoisotopic (exact) mass is 229 g/mol. The van der Waals surface area contributed by atoms with E-state index in [1.54, 1.807) is 10.7 Å². The zero-order valence-corrected chi connectivity index (χ0v) is 8.71. The molecule has 2 rings (SSSR count). The number of halogens is 1. The van der Waals surface area contributed by atoms with E-state index in [1.165, 1.54) is 16.9 Å². The standard InChI is InChI=1S/C6H5AsClN3/c7-4-3-5(8)10-6-1-2-9-11(4)6/h1-3H,7H2. The van der Waals surface area contributed by atoms with E-state index in [9.17, 15) is 0 Å². The molecule has 2 aromatic heterocycles. The van der Waals surface area contributed by atoms with Crippen LogP contribution in [0.5, 0.6) is 0 Å². The molecule has 1 atom stereocenters. The summed E-state index contributed by atoms with van der Waals surface area (Å²) in [4.78, 5) is 4.07. The van der Waals surface area contributed by atoms with Crippen molar-refractivity contribution in [1.29, 1.82) is 0 Å². The molecule has 0 spiro atoms. The van der Waals surface area contributed by atoms with Gasteiger partial charge in [-0.1, -0.05) is 0 Å². The van der Waals surface area contributed by atoms with Gasteiger partial charge in [0, 0.05) is 0 Å². The molecular formula is C6H5AsClN3. The fourth-order valence-corrected chi connectivity index (χ4v) is 2.07. The van der Waals surface area contributed by atoms with Crippen molar-refractivity contribution >= 4 is 38.6 Å². The molecule has 0 aromatic carbocycles. The van der Waals surface area contributed by atoms with E-state index in [1.807, 2.05) is 12.1 Å². The Labute approximate surface area is 76.9 Å². The molecule has 0 N–H and O–H groups in total. The van der Waals surface area contributed by atoms with Crippen LogP contribution < -0.4 is 4.48 Å². The first-order valence-corrected chi connectivity index (χ1v) is 4.62. The van der Waals surface area contributed by atoms with Crippen molar-refractivity contribution in [2.45, 2.75) is 0 Å². The van der Waals surface area contributed by atoms with Crippen LogP contribution in [0.25, 0.3) is 5.65 Å². The van der Waals surface area contributed by atoms with Gasteiger partial charge < -0.3 is 0 Å². The predicted molar refractivity (Wildman–Crippen MR) is 46.2 cm³/mol. The average Bonchev–Trinajstić information content (AvgIpc) is 2.34. The van der Waals surface area contributed by atoms with Crippen LogP contribution in [-0.4, -0.2) is 31.5 Å². The van der Waals surface area contributed by atoms with Crippen molar-refractivity contribution in [2.24, 2.45) is 0 Å². The van der Waals surface area contributed by atoms with E-state index in [4.69, 9.17) is 11.6 Å². The molecule has 0 amide bonds. The molecule has 1 unspecified atom stereocenters. The molecule has 0 radical (unpaired) electrons.